The standard InChI is InChI=1S/C14H16N2O2/c1-16(9-14(15)18)8-12-11-5-3-2-4-10(11)6-7-13(12)17/h2-7,17H,8-9H2,1H3,(H2,15,18). The molecule has 2 aromatic carbocycles. The lowest BCUT2D eigenvalue weighted by molar-refractivity contribution is -0.118. The normalized spacial score (nSPS) is 11.0. The maximum atomic E-state index is 10.9. The molecule has 0 saturated heterocycles. The summed E-state index contributed by atoms with van der Waals surface area (Å²) in [5.41, 5.74) is 5.97. The Morgan fingerprint density at radius 1 is 1.28 bits per heavy atom. The molecule has 0 aliphatic heterocycles. The van der Waals surface area contributed by atoms with E-state index in [9.17, 15) is 9.90 Å². The minimum absolute atomic E-state index is 0.169. The lowest BCUT2D eigenvalue weighted by Gasteiger charge is -2.17. The van der Waals surface area contributed by atoms with E-state index in [1.807, 2.05) is 30.3 Å². The summed E-state index contributed by atoms with van der Waals surface area (Å²) in [6.07, 6.45) is 0. The van der Waals surface area contributed by atoms with Crippen molar-refractivity contribution in [2.24, 2.45) is 5.73 Å². The van der Waals surface area contributed by atoms with Crippen LogP contribution in [0.4, 0.5) is 0 Å². The van der Waals surface area contributed by atoms with Crippen LogP contribution < -0.4 is 5.73 Å². The van der Waals surface area contributed by atoms with Gasteiger partial charge in [-0.25, -0.2) is 0 Å². The highest BCUT2D eigenvalue weighted by atomic mass is 16.3. The molecule has 0 aliphatic rings. The van der Waals surface area contributed by atoms with Gasteiger partial charge < -0.3 is 10.8 Å². The molecule has 4 heteroatoms. The van der Waals surface area contributed by atoms with Crippen molar-refractivity contribution < 1.29 is 9.90 Å². The van der Waals surface area contributed by atoms with Crippen molar-refractivity contribution in [3.63, 3.8) is 0 Å². The molecule has 0 aliphatic carbocycles. The molecule has 1 amide bonds. The van der Waals surface area contributed by atoms with Gasteiger partial charge in [0.05, 0.1) is 6.54 Å². The highest BCUT2D eigenvalue weighted by molar-refractivity contribution is 5.87. The number of nitrogens with two attached hydrogens (primary N) is 1. The fraction of sp³-hybridized carbons (Fsp3) is 0.214. The molecule has 0 fully saturated rings. The van der Waals surface area contributed by atoms with Gasteiger partial charge in [0, 0.05) is 12.1 Å². The molecule has 0 unspecified atom stereocenters. The number of carbonyl (C=O) groups is 1. The second kappa shape index (κ2) is 5.06. The van der Waals surface area contributed by atoms with Gasteiger partial charge in [-0.3, -0.25) is 9.69 Å². The first-order valence-electron chi connectivity index (χ1n) is 5.74. The van der Waals surface area contributed by atoms with Crippen LogP contribution in [0.3, 0.4) is 0 Å². The van der Waals surface area contributed by atoms with Gasteiger partial charge >= 0.3 is 0 Å². The number of fused-ring (bicyclic) bond motifs is 1. The van der Waals surface area contributed by atoms with E-state index in [1.165, 1.54) is 0 Å². The molecule has 4 nitrogen and oxygen atoms in total. The summed E-state index contributed by atoms with van der Waals surface area (Å²) in [5, 5.41) is 12.0. The molecule has 18 heavy (non-hydrogen) atoms. The van der Waals surface area contributed by atoms with Gasteiger partial charge in [-0.05, 0) is 23.9 Å². The van der Waals surface area contributed by atoms with Gasteiger partial charge in [0.1, 0.15) is 5.75 Å². The molecule has 0 spiro atoms. The number of primary amides is 1. The molecule has 0 radical (unpaired) electrons. The highest BCUT2D eigenvalue weighted by Crippen LogP contribution is 2.27. The molecule has 0 heterocycles. The van der Waals surface area contributed by atoms with Crippen LogP contribution in [-0.4, -0.2) is 29.5 Å². The summed E-state index contributed by atoms with van der Waals surface area (Å²) in [4.78, 5) is 12.6. The topological polar surface area (TPSA) is 66.6 Å². The van der Waals surface area contributed by atoms with E-state index >= 15 is 0 Å². The van der Waals surface area contributed by atoms with E-state index in [4.69, 9.17) is 5.73 Å². The van der Waals surface area contributed by atoms with Crippen molar-refractivity contribution in [2.45, 2.75) is 6.54 Å². The third-order valence-corrected chi connectivity index (χ3v) is 2.87. The fourth-order valence-electron chi connectivity index (χ4n) is 2.08. The van der Waals surface area contributed by atoms with Crippen LogP contribution in [0.5, 0.6) is 5.75 Å². The highest BCUT2D eigenvalue weighted by Gasteiger charge is 2.10. The molecule has 0 atom stereocenters. The summed E-state index contributed by atoms with van der Waals surface area (Å²) < 4.78 is 0. The predicted octanol–water partition coefficient (Wildman–Crippen LogP) is 1.46. The Hall–Kier alpha value is -2.07. The van der Waals surface area contributed by atoms with Gasteiger partial charge in [0.2, 0.25) is 5.91 Å². The molecule has 0 aromatic heterocycles. The zero-order valence-electron chi connectivity index (χ0n) is 10.3. The van der Waals surface area contributed by atoms with Crippen LogP contribution in [0.15, 0.2) is 36.4 Å². The molecule has 0 saturated carbocycles. The average Bonchev–Trinajstić information content (AvgIpc) is 2.32. The van der Waals surface area contributed by atoms with Gasteiger partial charge in [0.25, 0.3) is 0 Å². The quantitative estimate of drug-likeness (QED) is 0.855. The van der Waals surface area contributed by atoms with E-state index in [1.54, 1.807) is 18.0 Å². The second-order valence-electron chi connectivity index (χ2n) is 4.42. The zero-order valence-corrected chi connectivity index (χ0v) is 10.3. The van der Waals surface area contributed by atoms with Crippen LogP contribution in [0, 0.1) is 0 Å². The number of nitrogens with zero attached hydrogens (tertiary/aromatic N) is 1. The van der Waals surface area contributed by atoms with Crippen molar-refractivity contribution in [3.8, 4) is 5.75 Å². The number of amides is 1. The zero-order chi connectivity index (χ0) is 13.1. The van der Waals surface area contributed by atoms with Crippen LogP contribution in [0.25, 0.3) is 10.8 Å². The number of carbonyl (C=O) groups excluding carboxylic acids is 1. The van der Waals surface area contributed by atoms with E-state index in [-0.39, 0.29) is 18.2 Å². The summed E-state index contributed by atoms with van der Waals surface area (Å²) in [6.45, 7) is 0.652. The molecule has 0 bridgehead atoms. The van der Waals surface area contributed by atoms with Gasteiger partial charge in [-0.1, -0.05) is 30.3 Å². The Bertz CT molecular complexity index is 581. The third-order valence-electron chi connectivity index (χ3n) is 2.87. The van der Waals surface area contributed by atoms with Gasteiger partial charge in [0.15, 0.2) is 0 Å². The summed E-state index contributed by atoms with van der Waals surface area (Å²) >= 11 is 0. The number of phenolic OH excluding ortho intramolecular Hbond substituents is 1. The number of aromatic hydroxyl groups is 1. The smallest absolute Gasteiger partial charge is 0.231 e. The largest absolute Gasteiger partial charge is 0.508 e. The first kappa shape index (κ1) is 12.4. The maximum Gasteiger partial charge on any atom is 0.231 e. The SMILES string of the molecule is CN(CC(N)=O)Cc1c(O)ccc2ccccc12. The van der Waals surface area contributed by atoms with Crippen LogP contribution in [-0.2, 0) is 11.3 Å². The number of hydrogen-bond acceptors (Lipinski definition) is 3. The minimum atomic E-state index is -0.378. The number of benzene rings is 2. The van der Waals surface area contributed by atoms with Crippen molar-refractivity contribution >= 4 is 16.7 Å². The summed E-state index contributed by atoms with van der Waals surface area (Å²) in [7, 11) is 1.80. The van der Waals surface area contributed by atoms with Gasteiger partial charge in [-0.15, -0.1) is 0 Å². The molecule has 2 rings (SSSR count). The first-order chi connectivity index (χ1) is 8.58. The van der Waals surface area contributed by atoms with Crippen LogP contribution in [0.1, 0.15) is 5.56 Å². The summed E-state index contributed by atoms with van der Waals surface area (Å²) in [5.74, 6) is -0.137. The third kappa shape index (κ3) is 2.60. The molecule has 94 valence electrons. The number of hydrogen-bond donors (Lipinski definition) is 2. The Balaban J connectivity index is 2.37. The number of rotatable bonds is 4. The van der Waals surface area contributed by atoms with Gasteiger partial charge in [-0.2, -0.15) is 0 Å². The Morgan fingerprint density at radius 2 is 2.00 bits per heavy atom. The summed E-state index contributed by atoms with van der Waals surface area (Å²) in [6, 6.07) is 11.4. The van der Waals surface area contributed by atoms with Crippen molar-refractivity contribution in [1.29, 1.82) is 0 Å². The lowest BCUT2D eigenvalue weighted by atomic mass is 10.0. The lowest BCUT2D eigenvalue weighted by Crippen LogP contribution is -2.30. The van der Waals surface area contributed by atoms with E-state index < -0.39 is 0 Å². The van der Waals surface area contributed by atoms with Crippen molar-refractivity contribution in [3.05, 3.63) is 42.0 Å². The fourth-order valence-corrected chi connectivity index (χ4v) is 2.08. The second-order valence-corrected chi connectivity index (χ2v) is 4.42. The van der Waals surface area contributed by atoms with E-state index in [0.717, 1.165) is 16.3 Å². The number of phenols is 1. The van der Waals surface area contributed by atoms with E-state index in [2.05, 4.69) is 0 Å². The molecular weight excluding hydrogens is 228 g/mol. The predicted molar refractivity (Wildman–Crippen MR) is 71.1 cm³/mol. The van der Waals surface area contributed by atoms with E-state index in [0.29, 0.717) is 6.54 Å². The molecule has 3 N–H and O–H groups in total. The Morgan fingerprint density at radius 3 is 2.72 bits per heavy atom. The minimum Gasteiger partial charge on any atom is -0.508 e. The Labute approximate surface area is 106 Å². The van der Waals surface area contributed by atoms with Crippen LogP contribution in [0.2, 0.25) is 0 Å². The average molecular weight is 244 g/mol. The van der Waals surface area contributed by atoms with Crippen molar-refractivity contribution in [2.75, 3.05) is 13.6 Å². The molecular formula is C14H16N2O2. The molecule has 2 aromatic rings. The maximum absolute atomic E-state index is 10.9. The Kier molecular flexibility index (Phi) is 3.48. The van der Waals surface area contributed by atoms with Crippen molar-refractivity contribution in [1.82, 2.24) is 4.90 Å². The van der Waals surface area contributed by atoms with Crippen LogP contribution >= 0.6 is 0 Å². The monoisotopic (exact) mass is 244 g/mol. The first-order valence-corrected chi connectivity index (χ1v) is 5.74. The number of likely N-dealkylation sites (N-methyl/N-ethyl adjacent to an activating group) is 1.